The fraction of sp³-hybridized carbons (Fsp3) is 0.333. The van der Waals surface area contributed by atoms with Gasteiger partial charge < -0.3 is 15.0 Å². The Bertz CT molecular complexity index is 964. The van der Waals surface area contributed by atoms with Crippen LogP contribution < -0.4 is 15.0 Å². The zero-order chi connectivity index (χ0) is 18.8. The summed E-state index contributed by atoms with van der Waals surface area (Å²) in [5.41, 5.74) is 2.28. The van der Waals surface area contributed by atoms with Crippen LogP contribution in [-0.4, -0.2) is 35.4 Å². The summed E-state index contributed by atoms with van der Waals surface area (Å²) < 4.78 is 10.0. The molecule has 0 amide bonds. The van der Waals surface area contributed by atoms with Gasteiger partial charge in [-0.15, -0.1) is 0 Å². The first-order chi connectivity index (χ1) is 13.2. The van der Waals surface area contributed by atoms with E-state index in [9.17, 15) is 10.1 Å². The molecule has 0 unspecified atom stereocenters. The fourth-order valence-electron chi connectivity index (χ4n) is 3.40. The Kier molecular flexibility index (Phi) is 4.49. The highest BCUT2D eigenvalue weighted by molar-refractivity contribution is 6.00. The van der Waals surface area contributed by atoms with E-state index < -0.39 is 4.92 Å². The average Bonchev–Trinajstić information content (AvgIpc) is 3.17. The summed E-state index contributed by atoms with van der Waals surface area (Å²) in [6.07, 6.45) is 3.33. The minimum Gasteiger partial charge on any atom is -0.497 e. The molecule has 0 atom stereocenters. The predicted molar refractivity (Wildman–Crippen MR) is 101 cm³/mol. The number of nitro benzene ring substituents is 1. The molecule has 27 heavy (non-hydrogen) atoms. The molecule has 1 saturated heterocycles. The Morgan fingerprint density at radius 2 is 1.85 bits per heavy atom. The summed E-state index contributed by atoms with van der Waals surface area (Å²) in [7, 11) is 1.59. The van der Waals surface area contributed by atoms with Crippen LogP contribution in [0.3, 0.4) is 0 Å². The number of ether oxygens (including phenoxy) is 1. The zero-order valence-corrected chi connectivity index (χ0v) is 14.8. The molecule has 1 aliphatic rings. The van der Waals surface area contributed by atoms with Crippen molar-refractivity contribution in [1.82, 2.24) is 10.3 Å². The first-order valence-corrected chi connectivity index (χ1v) is 8.77. The standard InChI is InChI=1S/C18H19N5O4/c1-26-13-7-5-12(6-8-13)19-14-11-15(22-9-3-2-4-10-22)16-17(21-27-20-16)18(14)23(24)25/h5-8,11,19H,2-4,9-10H2,1H3. The highest BCUT2D eigenvalue weighted by Gasteiger charge is 2.28. The number of hydrogen-bond acceptors (Lipinski definition) is 8. The molecule has 1 aliphatic heterocycles. The molecule has 0 saturated carbocycles. The van der Waals surface area contributed by atoms with Crippen molar-refractivity contribution in [2.24, 2.45) is 0 Å². The van der Waals surface area contributed by atoms with E-state index in [4.69, 9.17) is 9.37 Å². The zero-order valence-electron chi connectivity index (χ0n) is 14.8. The second-order valence-electron chi connectivity index (χ2n) is 6.41. The quantitative estimate of drug-likeness (QED) is 0.533. The molecule has 0 spiro atoms. The van der Waals surface area contributed by atoms with Crippen LogP contribution in [0, 0.1) is 10.1 Å². The second-order valence-corrected chi connectivity index (χ2v) is 6.41. The predicted octanol–water partition coefficient (Wildman–Crippen LogP) is 3.87. The van der Waals surface area contributed by atoms with Crippen molar-refractivity contribution < 1.29 is 14.3 Å². The first-order valence-electron chi connectivity index (χ1n) is 8.77. The molecule has 0 bridgehead atoms. The lowest BCUT2D eigenvalue weighted by Gasteiger charge is -2.29. The van der Waals surface area contributed by atoms with Gasteiger partial charge in [0.15, 0.2) is 5.52 Å². The van der Waals surface area contributed by atoms with Crippen LogP contribution in [-0.2, 0) is 0 Å². The summed E-state index contributed by atoms with van der Waals surface area (Å²) in [6, 6.07) is 8.94. The number of nitrogens with one attached hydrogen (secondary N) is 1. The molecule has 0 aliphatic carbocycles. The summed E-state index contributed by atoms with van der Waals surface area (Å²) in [5, 5.41) is 22.6. The van der Waals surface area contributed by atoms with Crippen molar-refractivity contribution in [2.75, 3.05) is 30.4 Å². The topological polar surface area (TPSA) is 107 Å². The maximum absolute atomic E-state index is 11.7. The van der Waals surface area contributed by atoms with E-state index in [-0.39, 0.29) is 11.2 Å². The third-order valence-corrected chi connectivity index (χ3v) is 4.74. The van der Waals surface area contributed by atoms with Crippen LogP contribution in [0.4, 0.5) is 22.7 Å². The minimum atomic E-state index is -0.460. The van der Waals surface area contributed by atoms with E-state index in [1.807, 2.05) is 0 Å². The Labute approximate surface area is 155 Å². The third-order valence-electron chi connectivity index (χ3n) is 4.74. The maximum atomic E-state index is 11.7. The van der Waals surface area contributed by atoms with Gasteiger partial charge in [0, 0.05) is 18.8 Å². The van der Waals surface area contributed by atoms with Gasteiger partial charge in [-0.05, 0) is 59.9 Å². The van der Waals surface area contributed by atoms with E-state index in [2.05, 4.69) is 20.5 Å². The SMILES string of the molecule is COc1ccc(Nc2cc(N3CCCCC3)c3nonc3c2[N+](=O)[O-])cc1. The molecular weight excluding hydrogens is 350 g/mol. The van der Waals surface area contributed by atoms with E-state index in [1.165, 1.54) is 6.42 Å². The van der Waals surface area contributed by atoms with Gasteiger partial charge in [0.2, 0.25) is 5.52 Å². The van der Waals surface area contributed by atoms with Crippen molar-refractivity contribution in [3.63, 3.8) is 0 Å². The Morgan fingerprint density at radius 3 is 2.52 bits per heavy atom. The van der Waals surface area contributed by atoms with Crippen LogP contribution in [0.5, 0.6) is 5.75 Å². The molecule has 1 aromatic heterocycles. The molecule has 1 N–H and O–H groups in total. The molecule has 2 heterocycles. The number of fused-ring (bicyclic) bond motifs is 1. The van der Waals surface area contributed by atoms with Gasteiger partial charge in [-0.2, -0.15) is 0 Å². The smallest absolute Gasteiger partial charge is 0.324 e. The number of anilines is 3. The lowest BCUT2D eigenvalue weighted by atomic mass is 10.1. The summed E-state index contributed by atoms with van der Waals surface area (Å²) >= 11 is 0. The number of piperidine rings is 1. The third kappa shape index (κ3) is 3.23. The number of hydrogen-bond donors (Lipinski definition) is 1. The van der Waals surface area contributed by atoms with Crippen molar-refractivity contribution in [1.29, 1.82) is 0 Å². The molecule has 3 aromatic rings. The van der Waals surface area contributed by atoms with Gasteiger partial charge in [0.05, 0.1) is 17.7 Å². The Morgan fingerprint density at radius 1 is 1.15 bits per heavy atom. The second kappa shape index (κ2) is 7.10. The fourth-order valence-corrected chi connectivity index (χ4v) is 3.40. The van der Waals surface area contributed by atoms with Gasteiger partial charge in [0.25, 0.3) is 0 Å². The number of nitrogens with zero attached hydrogens (tertiary/aromatic N) is 4. The van der Waals surface area contributed by atoms with Gasteiger partial charge in [0.1, 0.15) is 11.4 Å². The van der Waals surface area contributed by atoms with Gasteiger partial charge in [-0.25, -0.2) is 4.63 Å². The normalized spacial score (nSPS) is 14.3. The van der Waals surface area contributed by atoms with Crippen LogP contribution in [0.1, 0.15) is 19.3 Å². The van der Waals surface area contributed by atoms with Crippen molar-refractivity contribution in [3.8, 4) is 5.75 Å². The van der Waals surface area contributed by atoms with Crippen LogP contribution >= 0.6 is 0 Å². The highest BCUT2D eigenvalue weighted by Crippen LogP contribution is 2.40. The van der Waals surface area contributed by atoms with Crippen LogP contribution in [0.25, 0.3) is 11.0 Å². The van der Waals surface area contributed by atoms with E-state index >= 15 is 0 Å². The molecule has 9 heteroatoms. The number of aromatic nitrogens is 2. The lowest BCUT2D eigenvalue weighted by Crippen LogP contribution is -2.29. The summed E-state index contributed by atoms with van der Waals surface area (Å²) in [6.45, 7) is 1.75. The van der Waals surface area contributed by atoms with Gasteiger partial charge in [-0.3, -0.25) is 10.1 Å². The molecule has 0 radical (unpaired) electrons. The van der Waals surface area contributed by atoms with Crippen LogP contribution in [0.2, 0.25) is 0 Å². The summed E-state index contributed by atoms with van der Waals surface area (Å²) in [4.78, 5) is 13.5. The first kappa shape index (κ1) is 17.1. The molecule has 4 rings (SSSR count). The van der Waals surface area contributed by atoms with Gasteiger partial charge >= 0.3 is 5.69 Å². The number of rotatable bonds is 5. The van der Waals surface area contributed by atoms with Crippen molar-refractivity contribution in [2.45, 2.75) is 19.3 Å². The van der Waals surface area contributed by atoms with E-state index in [1.54, 1.807) is 37.4 Å². The van der Waals surface area contributed by atoms with Crippen LogP contribution in [0.15, 0.2) is 35.0 Å². The summed E-state index contributed by atoms with van der Waals surface area (Å²) in [5.74, 6) is 0.709. The number of methoxy groups -OCH3 is 1. The minimum absolute atomic E-state index is 0.150. The molecule has 2 aromatic carbocycles. The Balaban J connectivity index is 1.81. The van der Waals surface area contributed by atoms with Crippen molar-refractivity contribution in [3.05, 3.63) is 40.4 Å². The van der Waals surface area contributed by atoms with E-state index in [0.717, 1.165) is 31.6 Å². The molecule has 140 valence electrons. The van der Waals surface area contributed by atoms with E-state index in [0.29, 0.717) is 22.6 Å². The maximum Gasteiger partial charge on any atom is 0.324 e. The van der Waals surface area contributed by atoms with Crippen molar-refractivity contribution >= 4 is 33.8 Å². The number of nitro groups is 1. The Hall–Kier alpha value is -3.36. The molecular formula is C18H19N5O4. The van der Waals surface area contributed by atoms with Gasteiger partial charge in [-0.1, -0.05) is 0 Å². The highest BCUT2D eigenvalue weighted by atomic mass is 16.6. The largest absolute Gasteiger partial charge is 0.497 e. The molecule has 1 fully saturated rings. The molecule has 9 nitrogen and oxygen atoms in total. The monoisotopic (exact) mass is 369 g/mol. The lowest BCUT2D eigenvalue weighted by molar-refractivity contribution is -0.382. The average molecular weight is 369 g/mol. The number of benzene rings is 2.